The molecule has 0 aliphatic rings. The van der Waals surface area contributed by atoms with E-state index in [1.165, 1.54) is 16.8 Å². The quantitative estimate of drug-likeness (QED) is 0.143. The Morgan fingerprint density at radius 3 is 2.02 bits per heavy atom. The molecule has 1 aromatic heterocycles. The number of nitrogens with zero attached hydrogens (tertiary/aromatic N) is 3. The lowest BCUT2D eigenvalue weighted by Gasteiger charge is -2.26. The molecule has 4 rings (SSSR count). The topological polar surface area (TPSA) is 65.5 Å². The fraction of sp³-hybridized carbons (Fsp3) is 0.324. The van der Waals surface area contributed by atoms with Crippen LogP contribution in [0, 0.1) is 0 Å². The van der Waals surface area contributed by atoms with Crippen molar-refractivity contribution in [2.45, 2.75) is 19.7 Å². The van der Waals surface area contributed by atoms with Crippen LogP contribution in [0.1, 0.15) is 16.8 Å². The van der Waals surface area contributed by atoms with Gasteiger partial charge in [0.05, 0.1) is 46.3 Å². The Hall–Kier alpha value is -4.27. The number of rotatable bonds is 17. The van der Waals surface area contributed by atoms with Crippen LogP contribution in [0.4, 0.5) is 11.4 Å². The van der Waals surface area contributed by atoms with Gasteiger partial charge in [-0.25, -0.2) is 0 Å². The summed E-state index contributed by atoms with van der Waals surface area (Å²) in [5, 5.41) is 0. The molecule has 8 heteroatoms. The SMILES string of the molecule is COc1cccc(CN(Cc2cccc(N(C)C)c2)c2ccnc(COCCOCCOc3cccc(OC)c3)c2)c1. The summed E-state index contributed by atoms with van der Waals surface area (Å²) in [5.74, 6) is 2.37. The first kappa shape index (κ1) is 30.7. The summed E-state index contributed by atoms with van der Waals surface area (Å²) < 4.78 is 27.9. The van der Waals surface area contributed by atoms with Gasteiger partial charge in [0, 0.05) is 50.8 Å². The largest absolute Gasteiger partial charge is 0.497 e. The van der Waals surface area contributed by atoms with Crippen LogP contribution in [0.3, 0.4) is 0 Å². The van der Waals surface area contributed by atoms with Gasteiger partial charge in [-0.15, -0.1) is 0 Å². The summed E-state index contributed by atoms with van der Waals surface area (Å²) in [6, 6.07) is 28.5. The standard InChI is InChI=1S/C34H41N3O5/c1-36(2)30-10-5-8-27(20-30)24-37(25-28-9-6-11-32(21-28)38-3)31-14-15-35-29(22-31)26-41-17-16-40-18-19-42-34-13-7-12-33(23-34)39-4/h5-15,20-23H,16-19,24-26H2,1-4H3. The molecule has 1 heterocycles. The molecule has 0 aliphatic heterocycles. The minimum Gasteiger partial charge on any atom is -0.497 e. The van der Waals surface area contributed by atoms with Crippen LogP contribution in [0.2, 0.25) is 0 Å². The maximum absolute atomic E-state index is 5.87. The van der Waals surface area contributed by atoms with Gasteiger partial charge in [-0.2, -0.15) is 0 Å². The van der Waals surface area contributed by atoms with Gasteiger partial charge in [0.25, 0.3) is 0 Å². The minimum atomic E-state index is 0.403. The van der Waals surface area contributed by atoms with Gasteiger partial charge in [-0.3, -0.25) is 4.98 Å². The van der Waals surface area contributed by atoms with Crippen LogP contribution < -0.4 is 24.0 Å². The average Bonchev–Trinajstić information content (AvgIpc) is 3.02. The van der Waals surface area contributed by atoms with Crippen molar-refractivity contribution in [3.63, 3.8) is 0 Å². The van der Waals surface area contributed by atoms with E-state index >= 15 is 0 Å². The zero-order chi connectivity index (χ0) is 29.6. The van der Waals surface area contributed by atoms with Crippen molar-refractivity contribution < 1.29 is 23.7 Å². The molecule has 4 aromatic rings. The molecule has 0 unspecified atom stereocenters. The summed E-state index contributed by atoms with van der Waals surface area (Å²) in [6.07, 6.45) is 1.84. The normalized spacial score (nSPS) is 10.8. The first-order valence-electron chi connectivity index (χ1n) is 14.1. The van der Waals surface area contributed by atoms with Crippen molar-refractivity contribution >= 4 is 11.4 Å². The zero-order valence-corrected chi connectivity index (χ0v) is 25.0. The Morgan fingerprint density at radius 1 is 0.619 bits per heavy atom. The first-order chi connectivity index (χ1) is 20.5. The van der Waals surface area contributed by atoms with Gasteiger partial charge in [0.1, 0.15) is 23.9 Å². The van der Waals surface area contributed by atoms with Crippen molar-refractivity contribution in [1.29, 1.82) is 0 Å². The lowest BCUT2D eigenvalue weighted by atomic mass is 10.1. The fourth-order valence-corrected chi connectivity index (χ4v) is 4.43. The van der Waals surface area contributed by atoms with Gasteiger partial charge in [-0.05, 0) is 59.7 Å². The molecule has 0 aliphatic carbocycles. The average molecular weight is 572 g/mol. The summed E-state index contributed by atoms with van der Waals surface area (Å²) >= 11 is 0. The molecule has 0 radical (unpaired) electrons. The Labute approximate surface area is 249 Å². The molecular weight excluding hydrogens is 530 g/mol. The molecule has 0 amide bonds. The molecule has 8 nitrogen and oxygen atoms in total. The third kappa shape index (κ3) is 9.68. The minimum absolute atomic E-state index is 0.403. The van der Waals surface area contributed by atoms with Crippen molar-refractivity contribution in [3.8, 4) is 17.2 Å². The van der Waals surface area contributed by atoms with Crippen molar-refractivity contribution in [3.05, 3.63) is 108 Å². The van der Waals surface area contributed by atoms with E-state index in [0.29, 0.717) is 33.0 Å². The maximum Gasteiger partial charge on any atom is 0.123 e. The van der Waals surface area contributed by atoms with Gasteiger partial charge in [0.2, 0.25) is 0 Å². The molecule has 222 valence electrons. The first-order valence-corrected chi connectivity index (χ1v) is 14.1. The Balaban J connectivity index is 1.31. The predicted octanol–water partition coefficient (Wildman–Crippen LogP) is 5.98. The van der Waals surface area contributed by atoms with E-state index in [4.69, 9.17) is 23.7 Å². The summed E-state index contributed by atoms with van der Waals surface area (Å²) in [4.78, 5) is 9.01. The summed E-state index contributed by atoms with van der Waals surface area (Å²) in [5.41, 5.74) is 5.51. The molecule has 0 bridgehead atoms. The smallest absolute Gasteiger partial charge is 0.123 e. The Kier molecular flexibility index (Phi) is 11.9. The number of aromatic nitrogens is 1. The second-order valence-electron chi connectivity index (χ2n) is 9.97. The number of anilines is 2. The van der Waals surface area contributed by atoms with E-state index in [2.05, 4.69) is 71.3 Å². The van der Waals surface area contributed by atoms with Gasteiger partial charge >= 0.3 is 0 Å². The van der Waals surface area contributed by atoms with Crippen LogP contribution >= 0.6 is 0 Å². The van der Waals surface area contributed by atoms with E-state index < -0.39 is 0 Å². The Bertz CT molecular complexity index is 1380. The lowest BCUT2D eigenvalue weighted by molar-refractivity contribution is 0.0294. The third-order valence-corrected chi connectivity index (χ3v) is 6.63. The monoisotopic (exact) mass is 571 g/mol. The fourth-order valence-electron chi connectivity index (χ4n) is 4.43. The number of benzene rings is 3. The van der Waals surface area contributed by atoms with E-state index in [9.17, 15) is 0 Å². The van der Waals surface area contributed by atoms with E-state index in [1.54, 1.807) is 14.2 Å². The van der Waals surface area contributed by atoms with Gasteiger partial charge < -0.3 is 33.5 Å². The van der Waals surface area contributed by atoms with Crippen LogP contribution in [-0.4, -0.2) is 59.7 Å². The molecule has 0 fully saturated rings. The third-order valence-electron chi connectivity index (χ3n) is 6.63. The summed E-state index contributed by atoms with van der Waals surface area (Å²) in [7, 11) is 7.45. The van der Waals surface area contributed by atoms with Crippen molar-refractivity contribution in [1.82, 2.24) is 4.98 Å². The van der Waals surface area contributed by atoms with Crippen LogP contribution in [0.15, 0.2) is 91.1 Å². The number of pyridine rings is 1. The molecule has 42 heavy (non-hydrogen) atoms. The highest BCUT2D eigenvalue weighted by Crippen LogP contribution is 2.24. The van der Waals surface area contributed by atoms with E-state index in [0.717, 1.165) is 41.7 Å². The molecule has 0 atom stereocenters. The molecule has 0 saturated carbocycles. The van der Waals surface area contributed by atoms with Crippen molar-refractivity contribution in [2.75, 3.05) is 64.5 Å². The molecule has 3 aromatic carbocycles. The molecule has 0 saturated heterocycles. The van der Waals surface area contributed by atoms with Crippen LogP contribution in [0.5, 0.6) is 17.2 Å². The van der Waals surface area contributed by atoms with Gasteiger partial charge in [-0.1, -0.05) is 30.3 Å². The van der Waals surface area contributed by atoms with Gasteiger partial charge in [0.15, 0.2) is 0 Å². The summed E-state index contributed by atoms with van der Waals surface area (Å²) in [6.45, 7) is 3.75. The second-order valence-corrected chi connectivity index (χ2v) is 9.97. The second kappa shape index (κ2) is 16.2. The Morgan fingerprint density at radius 2 is 1.26 bits per heavy atom. The lowest BCUT2D eigenvalue weighted by Crippen LogP contribution is -2.23. The zero-order valence-electron chi connectivity index (χ0n) is 25.0. The maximum atomic E-state index is 5.87. The van der Waals surface area contributed by atoms with Crippen LogP contribution in [0.25, 0.3) is 0 Å². The predicted molar refractivity (Wildman–Crippen MR) is 167 cm³/mol. The number of ether oxygens (including phenoxy) is 5. The van der Waals surface area contributed by atoms with Crippen molar-refractivity contribution in [2.24, 2.45) is 0 Å². The number of hydrogen-bond donors (Lipinski definition) is 0. The van der Waals surface area contributed by atoms with E-state index in [-0.39, 0.29) is 0 Å². The molecule has 0 spiro atoms. The highest BCUT2D eigenvalue weighted by molar-refractivity contribution is 5.51. The number of methoxy groups -OCH3 is 2. The molecule has 0 N–H and O–H groups in total. The van der Waals surface area contributed by atoms with E-state index in [1.807, 2.05) is 48.7 Å². The molecular formula is C34H41N3O5. The highest BCUT2D eigenvalue weighted by atomic mass is 16.5. The van der Waals surface area contributed by atoms with Crippen LogP contribution in [-0.2, 0) is 29.2 Å². The number of hydrogen-bond acceptors (Lipinski definition) is 8. The highest BCUT2D eigenvalue weighted by Gasteiger charge is 2.12.